The highest BCUT2D eigenvalue weighted by atomic mass is 16.6. The first-order chi connectivity index (χ1) is 8.97. The number of fused-ring (bicyclic) bond motifs is 1. The number of non-ortho nitro benzene ring substituents is 1. The van der Waals surface area contributed by atoms with Gasteiger partial charge in [-0.1, -0.05) is 19.9 Å². The Kier molecular flexibility index (Phi) is 3.69. The summed E-state index contributed by atoms with van der Waals surface area (Å²) >= 11 is 0. The number of nitro benzene ring substituents is 1. The maximum atomic E-state index is 10.9. The molecule has 0 saturated heterocycles. The van der Waals surface area contributed by atoms with Gasteiger partial charge in [0.15, 0.2) is 11.1 Å². The maximum absolute atomic E-state index is 10.9. The van der Waals surface area contributed by atoms with Crippen LogP contribution in [0.15, 0.2) is 22.6 Å². The molecule has 0 aliphatic heterocycles. The van der Waals surface area contributed by atoms with Crippen molar-refractivity contribution in [2.75, 3.05) is 5.32 Å². The Morgan fingerprint density at radius 2 is 2.16 bits per heavy atom. The average molecular weight is 263 g/mol. The maximum Gasteiger partial charge on any atom is 0.298 e. The number of para-hydroxylation sites is 1. The van der Waals surface area contributed by atoms with E-state index in [0.717, 1.165) is 6.42 Å². The molecule has 19 heavy (non-hydrogen) atoms. The summed E-state index contributed by atoms with van der Waals surface area (Å²) in [4.78, 5) is 14.6. The lowest BCUT2D eigenvalue weighted by atomic mass is 10.1. The molecule has 1 aromatic heterocycles. The van der Waals surface area contributed by atoms with E-state index in [1.807, 2.05) is 6.92 Å². The summed E-state index contributed by atoms with van der Waals surface area (Å²) in [7, 11) is 0. The molecule has 102 valence electrons. The van der Waals surface area contributed by atoms with Crippen molar-refractivity contribution in [3.05, 3.63) is 28.3 Å². The van der Waals surface area contributed by atoms with Crippen LogP contribution in [0.2, 0.25) is 0 Å². The van der Waals surface area contributed by atoms with Crippen LogP contribution in [-0.2, 0) is 0 Å². The van der Waals surface area contributed by atoms with Crippen molar-refractivity contribution in [3.8, 4) is 0 Å². The standard InChI is InChI=1S/C13H17N3O3/c1-8(2)7-9(3)14-13-15-12-10(16(17)18)5-4-6-11(12)19-13/h4-6,8-9H,7H2,1-3H3,(H,14,15). The van der Waals surface area contributed by atoms with Gasteiger partial charge in [0.1, 0.15) is 0 Å². The molecule has 0 saturated carbocycles. The fourth-order valence-electron chi connectivity index (χ4n) is 2.12. The number of oxazole rings is 1. The van der Waals surface area contributed by atoms with E-state index in [-0.39, 0.29) is 17.2 Å². The van der Waals surface area contributed by atoms with E-state index in [1.54, 1.807) is 12.1 Å². The minimum Gasteiger partial charge on any atom is -0.423 e. The van der Waals surface area contributed by atoms with Gasteiger partial charge in [-0.25, -0.2) is 0 Å². The van der Waals surface area contributed by atoms with Crippen molar-refractivity contribution in [2.45, 2.75) is 33.2 Å². The van der Waals surface area contributed by atoms with Crippen LogP contribution in [0.25, 0.3) is 11.1 Å². The van der Waals surface area contributed by atoms with Crippen LogP contribution < -0.4 is 5.32 Å². The number of rotatable bonds is 5. The van der Waals surface area contributed by atoms with Gasteiger partial charge in [-0.15, -0.1) is 0 Å². The second-order valence-electron chi connectivity index (χ2n) is 5.07. The third-order valence-electron chi connectivity index (χ3n) is 2.79. The van der Waals surface area contributed by atoms with Crippen LogP contribution in [-0.4, -0.2) is 15.9 Å². The topological polar surface area (TPSA) is 81.2 Å². The Labute approximate surface area is 111 Å². The smallest absolute Gasteiger partial charge is 0.298 e. The molecular formula is C13H17N3O3. The van der Waals surface area contributed by atoms with Crippen molar-refractivity contribution in [2.24, 2.45) is 5.92 Å². The van der Waals surface area contributed by atoms with Crippen molar-refractivity contribution in [1.82, 2.24) is 4.98 Å². The van der Waals surface area contributed by atoms with Gasteiger partial charge < -0.3 is 9.73 Å². The molecule has 0 aliphatic rings. The van der Waals surface area contributed by atoms with Crippen molar-refractivity contribution < 1.29 is 9.34 Å². The third kappa shape index (κ3) is 3.01. The highest BCUT2D eigenvalue weighted by Crippen LogP contribution is 2.27. The molecule has 2 aromatic rings. The number of hydrogen-bond donors (Lipinski definition) is 1. The van der Waals surface area contributed by atoms with Gasteiger partial charge in [-0.3, -0.25) is 10.1 Å². The average Bonchev–Trinajstić information content (AvgIpc) is 2.68. The van der Waals surface area contributed by atoms with E-state index in [2.05, 4.69) is 24.1 Å². The predicted octanol–water partition coefficient (Wildman–Crippen LogP) is 3.58. The van der Waals surface area contributed by atoms with E-state index in [9.17, 15) is 10.1 Å². The lowest BCUT2D eigenvalue weighted by molar-refractivity contribution is -0.383. The molecule has 1 heterocycles. The zero-order chi connectivity index (χ0) is 14.0. The summed E-state index contributed by atoms with van der Waals surface area (Å²) in [5.74, 6) is 0.557. The van der Waals surface area contributed by atoms with Crippen LogP contribution in [0, 0.1) is 16.0 Å². The number of nitrogens with zero attached hydrogens (tertiary/aromatic N) is 2. The summed E-state index contributed by atoms with van der Waals surface area (Å²) in [6, 6.07) is 5.22. The van der Waals surface area contributed by atoms with Crippen LogP contribution in [0.3, 0.4) is 0 Å². The fourth-order valence-corrected chi connectivity index (χ4v) is 2.12. The van der Waals surface area contributed by atoms with Gasteiger partial charge in [-0.05, 0) is 25.3 Å². The summed E-state index contributed by atoms with van der Waals surface area (Å²) in [6.07, 6.45) is 0.973. The molecule has 0 spiro atoms. The van der Waals surface area contributed by atoms with Crippen molar-refractivity contribution in [1.29, 1.82) is 0 Å². The third-order valence-corrected chi connectivity index (χ3v) is 2.79. The number of nitro groups is 1. The number of nitrogens with one attached hydrogen (secondary N) is 1. The van der Waals surface area contributed by atoms with Crippen molar-refractivity contribution >= 4 is 22.8 Å². The minimum absolute atomic E-state index is 0.0363. The molecule has 0 amide bonds. The van der Waals surface area contributed by atoms with Gasteiger partial charge in [0, 0.05) is 12.1 Å². The van der Waals surface area contributed by atoms with Crippen molar-refractivity contribution in [3.63, 3.8) is 0 Å². The molecule has 1 aromatic carbocycles. The highest BCUT2D eigenvalue weighted by Gasteiger charge is 2.18. The largest absolute Gasteiger partial charge is 0.423 e. The molecule has 6 nitrogen and oxygen atoms in total. The van der Waals surface area contributed by atoms with Crippen LogP contribution in [0.1, 0.15) is 27.2 Å². The van der Waals surface area contributed by atoms with Gasteiger partial charge in [0.25, 0.3) is 11.7 Å². The molecule has 2 rings (SSSR count). The minimum atomic E-state index is -0.452. The second kappa shape index (κ2) is 5.26. The lowest BCUT2D eigenvalue weighted by Gasteiger charge is -2.13. The number of hydrogen-bond acceptors (Lipinski definition) is 5. The molecule has 6 heteroatoms. The normalized spacial score (nSPS) is 12.8. The zero-order valence-corrected chi connectivity index (χ0v) is 11.2. The Hall–Kier alpha value is -2.11. The SMILES string of the molecule is CC(C)CC(C)Nc1nc2c([N+](=O)[O-])cccc2o1. The van der Waals surface area contributed by atoms with Gasteiger partial charge in [0.2, 0.25) is 0 Å². The molecule has 0 bridgehead atoms. The number of anilines is 1. The Morgan fingerprint density at radius 3 is 2.79 bits per heavy atom. The molecule has 0 radical (unpaired) electrons. The predicted molar refractivity (Wildman–Crippen MR) is 73.2 cm³/mol. The zero-order valence-electron chi connectivity index (χ0n) is 11.2. The summed E-state index contributed by atoms with van der Waals surface area (Å²) < 4.78 is 5.48. The van der Waals surface area contributed by atoms with E-state index in [1.165, 1.54) is 6.07 Å². The highest BCUT2D eigenvalue weighted by molar-refractivity contribution is 5.84. The summed E-state index contributed by atoms with van der Waals surface area (Å²) in [5, 5.41) is 14.0. The van der Waals surface area contributed by atoms with Crippen LogP contribution >= 0.6 is 0 Å². The Morgan fingerprint density at radius 1 is 1.42 bits per heavy atom. The quantitative estimate of drug-likeness (QED) is 0.658. The number of aromatic nitrogens is 1. The van der Waals surface area contributed by atoms with Gasteiger partial charge in [0.05, 0.1) is 4.92 Å². The molecule has 1 N–H and O–H groups in total. The van der Waals surface area contributed by atoms with Gasteiger partial charge in [-0.2, -0.15) is 4.98 Å². The van der Waals surface area contributed by atoms with Gasteiger partial charge >= 0.3 is 0 Å². The second-order valence-corrected chi connectivity index (χ2v) is 5.07. The Balaban J connectivity index is 2.27. The first kappa shape index (κ1) is 13.3. The molecule has 1 unspecified atom stereocenters. The molecular weight excluding hydrogens is 246 g/mol. The van der Waals surface area contributed by atoms with Crippen LogP contribution in [0.5, 0.6) is 0 Å². The molecule has 0 aliphatic carbocycles. The van der Waals surface area contributed by atoms with Crippen LogP contribution in [0.4, 0.5) is 11.7 Å². The van der Waals surface area contributed by atoms with E-state index in [4.69, 9.17) is 4.42 Å². The number of benzene rings is 1. The summed E-state index contributed by atoms with van der Waals surface area (Å²) in [5.41, 5.74) is 0.672. The summed E-state index contributed by atoms with van der Waals surface area (Å²) in [6.45, 7) is 6.30. The van der Waals surface area contributed by atoms with E-state index in [0.29, 0.717) is 17.5 Å². The first-order valence-electron chi connectivity index (χ1n) is 6.28. The molecule has 1 atom stereocenters. The molecule has 0 fully saturated rings. The fraction of sp³-hybridized carbons (Fsp3) is 0.462. The Bertz CT molecular complexity index is 592. The monoisotopic (exact) mass is 263 g/mol. The lowest BCUT2D eigenvalue weighted by Crippen LogP contribution is -2.17. The van der Waals surface area contributed by atoms with E-state index >= 15 is 0 Å². The van der Waals surface area contributed by atoms with E-state index < -0.39 is 4.92 Å². The first-order valence-corrected chi connectivity index (χ1v) is 6.28.